The van der Waals surface area contributed by atoms with Crippen LogP contribution in [0.4, 0.5) is 0 Å². The normalized spacial score (nSPS) is 12.6. The third-order valence-corrected chi connectivity index (χ3v) is 3.86. The number of pyridine rings is 1. The van der Waals surface area contributed by atoms with Crippen LogP contribution in [-0.2, 0) is 11.3 Å². The SMILES string of the molecule is CCC(C)Sc1ncccc1CNCCOC. The van der Waals surface area contributed by atoms with E-state index >= 15 is 0 Å². The van der Waals surface area contributed by atoms with Crippen molar-refractivity contribution >= 4 is 11.8 Å². The Morgan fingerprint density at radius 3 is 3.06 bits per heavy atom. The fourth-order valence-corrected chi connectivity index (χ4v) is 2.30. The van der Waals surface area contributed by atoms with Crippen LogP contribution in [0.2, 0.25) is 0 Å². The molecule has 4 heteroatoms. The molecule has 17 heavy (non-hydrogen) atoms. The van der Waals surface area contributed by atoms with Gasteiger partial charge in [-0.1, -0.05) is 19.9 Å². The summed E-state index contributed by atoms with van der Waals surface area (Å²) >= 11 is 1.85. The van der Waals surface area contributed by atoms with Crippen molar-refractivity contribution in [3.05, 3.63) is 23.9 Å². The second-order valence-corrected chi connectivity index (χ2v) is 5.40. The maximum atomic E-state index is 5.01. The number of hydrogen-bond acceptors (Lipinski definition) is 4. The van der Waals surface area contributed by atoms with E-state index in [4.69, 9.17) is 4.74 Å². The predicted molar refractivity (Wildman–Crippen MR) is 73.4 cm³/mol. The molecule has 0 aliphatic rings. The third-order valence-electron chi connectivity index (χ3n) is 2.54. The first-order valence-electron chi connectivity index (χ1n) is 6.08. The Kier molecular flexibility index (Phi) is 7.24. The largest absolute Gasteiger partial charge is 0.383 e. The number of methoxy groups -OCH3 is 1. The predicted octanol–water partition coefficient (Wildman–Crippen LogP) is 2.71. The number of ether oxygens (including phenoxy) is 1. The zero-order valence-corrected chi connectivity index (χ0v) is 11.7. The Morgan fingerprint density at radius 1 is 1.53 bits per heavy atom. The van der Waals surface area contributed by atoms with Crippen LogP contribution in [0.5, 0.6) is 0 Å². The second-order valence-electron chi connectivity index (χ2n) is 3.97. The van der Waals surface area contributed by atoms with Crippen LogP contribution in [0, 0.1) is 0 Å². The summed E-state index contributed by atoms with van der Waals surface area (Å²) in [5.41, 5.74) is 1.27. The summed E-state index contributed by atoms with van der Waals surface area (Å²) < 4.78 is 5.01. The Balaban J connectivity index is 2.51. The van der Waals surface area contributed by atoms with E-state index in [1.807, 2.05) is 24.0 Å². The number of aromatic nitrogens is 1. The lowest BCUT2D eigenvalue weighted by atomic mass is 10.3. The van der Waals surface area contributed by atoms with E-state index in [0.29, 0.717) is 5.25 Å². The van der Waals surface area contributed by atoms with E-state index in [-0.39, 0.29) is 0 Å². The first-order chi connectivity index (χ1) is 8.27. The molecule has 0 aliphatic heterocycles. The summed E-state index contributed by atoms with van der Waals surface area (Å²) in [4.78, 5) is 4.46. The summed E-state index contributed by atoms with van der Waals surface area (Å²) in [6.45, 7) is 6.92. The molecular weight excluding hydrogens is 232 g/mol. The first kappa shape index (κ1) is 14.5. The Hall–Kier alpha value is -0.580. The van der Waals surface area contributed by atoms with Crippen molar-refractivity contribution in [1.82, 2.24) is 10.3 Å². The van der Waals surface area contributed by atoms with E-state index in [1.165, 1.54) is 5.56 Å². The Bertz CT molecular complexity index is 320. The van der Waals surface area contributed by atoms with Gasteiger partial charge in [0.2, 0.25) is 0 Å². The van der Waals surface area contributed by atoms with Crippen molar-refractivity contribution in [3.8, 4) is 0 Å². The molecule has 0 fully saturated rings. The summed E-state index contributed by atoms with van der Waals surface area (Å²) in [5.74, 6) is 0. The number of nitrogens with zero attached hydrogens (tertiary/aromatic N) is 1. The van der Waals surface area contributed by atoms with Crippen molar-refractivity contribution in [3.63, 3.8) is 0 Å². The van der Waals surface area contributed by atoms with Gasteiger partial charge in [0.25, 0.3) is 0 Å². The van der Waals surface area contributed by atoms with Gasteiger partial charge in [0.15, 0.2) is 0 Å². The molecule has 0 saturated heterocycles. The van der Waals surface area contributed by atoms with Crippen LogP contribution < -0.4 is 5.32 Å². The molecule has 1 unspecified atom stereocenters. The summed E-state index contributed by atoms with van der Waals surface area (Å²) in [5, 5.41) is 5.11. The second kappa shape index (κ2) is 8.50. The van der Waals surface area contributed by atoms with Gasteiger partial charge in [0.1, 0.15) is 5.03 Å². The third kappa shape index (κ3) is 5.52. The zero-order valence-electron chi connectivity index (χ0n) is 10.9. The van der Waals surface area contributed by atoms with Crippen LogP contribution in [0.1, 0.15) is 25.8 Å². The lowest BCUT2D eigenvalue weighted by molar-refractivity contribution is 0.199. The van der Waals surface area contributed by atoms with E-state index in [2.05, 4.69) is 30.2 Å². The number of rotatable bonds is 8. The maximum Gasteiger partial charge on any atom is 0.101 e. The number of hydrogen-bond donors (Lipinski definition) is 1. The molecule has 0 radical (unpaired) electrons. The van der Waals surface area contributed by atoms with Crippen LogP contribution >= 0.6 is 11.8 Å². The summed E-state index contributed by atoms with van der Waals surface area (Å²) in [6.07, 6.45) is 3.03. The minimum Gasteiger partial charge on any atom is -0.383 e. The molecule has 1 atom stereocenters. The topological polar surface area (TPSA) is 34.2 Å². The van der Waals surface area contributed by atoms with Gasteiger partial charge in [-0.2, -0.15) is 0 Å². The molecule has 96 valence electrons. The zero-order chi connectivity index (χ0) is 12.5. The molecule has 0 bridgehead atoms. The molecule has 1 rings (SSSR count). The Morgan fingerprint density at radius 2 is 2.35 bits per heavy atom. The van der Waals surface area contributed by atoms with Crippen molar-refractivity contribution < 1.29 is 4.74 Å². The van der Waals surface area contributed by atoms with Gasteiger partial charge in [-0.25, -0.2) is 4.98 Å². The Labute approximate surface area is 108 Å². The highest BCUT2D eigenvalue weighted by molar-refractivity contribution is 7.99. The minimum absolute atomic E-state index is 0.614. The fourth-order valence-electron chi connectivity index (χ4n) is 1.34. The van der Waals surface area contributed by atoms with Crippen molar-refractivity contribution in [2.24, 2.45) is 0 Å². The molecule has 0 amide bonds. The van der Waals surface area contributed by atoms with Gasteiger partial charge in [-0.05, 0) is 18.1 Å². The molecule has 1 N–H and O–H groups in total. The molecular formula is C13H22N2OS. The lowest BCUT2D eigenvalue weighted by Crippen LogP contribution is -2.19. The average molecular weight is 254 g/mol. The van der Waals surface area contributed by atoms with Crippen molar-refractivity contribution in [2.45, 2.75) is 37.1 Å². The molecule has 1 heterocycles. The minimum atomic E-state index is 0.614. The quantitative estimate of drug-likeness (QED) is 0.571. The van der Waals surface area contributed by atoms with Gasteiger partial charge >= 0.3 is 0 Å². The first-order valence-corrected chi connectivity index (χ1v) is 6.96. The van der Waals surface area contributed by atoms with E-state index in [9.17, 15) is 0 Å². The molecule has 3 nitrogen and oxygen atoms in total. The molecule has 1 aromatic rings. The highest BCUT2D eigenvalue weighted by Gasteiger charge is 2.07. The highest BCUT2D eigenvalue weighted by atomic mass is 32.2. The van der Waals surface area contributed by atoms with E-state index in [0.717, 1.165) is 31.1 Å². The van der Waals surface area contributed by atoms with Gasteiger partial charge in [0, 0.05) is 31.6 Å². The summed E-state index contributed by atoms with van der Waals surface area (Å²) in [7, 11) is 1.72. The lowest BCUT2D eigenvalue weighted by Gasteiger charge is -2.12. The smallest absolute Gasteiger partial charge is 0.101 e. The highest BCUT2D eigenvalue weighted by Crippen LogP contribution is 2.25. The van der Waals surface area contributed by atoms with Crippen molar-refractivity contribution in [2.75, 3.05) is 20.3 Å². The molecule has 0 aliphatic carbocycles. The number of nitrogens with one attached hydrogen (secondary N) is 1. The number of thioether (sulfide) groups is 1. The molecule has 0 aromatic carbocycles. The van der Waals surface area contributed by atoms with E-state index in [1.54, 1.807) is 7.11 Å². The van der Waals surface area contributed by atoms with Crippen LogP contribution in [0.25, 0.3) is 0 Å². The van der Waals surface area contributed by atoms with E-state index < -0.39 is 0 Å². The monoisotopic (exact) mass is 254 g/mol. The maximum absolute atomic E-state index is 5.01. The van der Waals surface area contributed by atoms with Crippen molar-refractivity contribution in [1.29, 1.82) is 0 Å². The van der Waals surface area contributed by atoms with Gasteiger partial charge < -0.3 is 10.1 Å². The van der Waals surface area contributed by atoms with Crippen LogP contribution in [0.3, 0.4) is 0 Å². The average Bonchev–Trinajstić information content (AvgIpc) is 2.36. The van der Waals surface area contributed by atoms with Gasteiger partial charge in [-0.15, -0.1) is 11.8 Å². The van der Waals surface area contributed by atoms with Gasteiger partial charge in [0.05, 0.1) is 6.61 Å². The fraction of sp³-hybridized carbons (Fsp3) is 0.615. The molecule has 0 saturated carbocycles. The molecule has 0 spiro atoms. The van der Waals surface area contributed by atoms with Crippen LogP contribution in [0.15, 0.2) is 23.4 Å². The van der Waals surface area contributed by atoms with Crippen LogP contribution in [-0.4, -0.2) is 30.5 Å². The van der Waals surface area contributed by atoms with Gasteiger partial charge in [-0.3, -0.25) is 0 Å². The standard InChI is InChI=1S/C13H22N2OS/c1-4-11(2)17-13-12(6-5-7-15-13)10-14-8-9-16-3/h5-7,11,14H,4,8-10H2,1-3H3. The summed E-state index contributed by atoms with van der Waals surface area (Å²) in [6, 6.07) is 4.13. The molecule has 1 aromatic heterocycles.